The molecule has 78 valence electrons. The van der Waals surface area contributed by atoms with Gasteiger partial charge in [0.2, 0.25) is 0 Å². The molecule has 0 radical (unpaired) electrons. The molecular formula is C9H14N2O2S. The van der Waals surface area contributed by atoms with E-state index in [1.54, 1.807) is 11.3 Å². The number of nitrogens with zero attached hydrogens (tertiary/aromatic N) is 1. The van der Waals surface area contributed by atoms with Crippen molar-refractivity contribution in [3.8, 4) is 5.19 Å². The van der Waals surface area contributed by atoms with Gasteiger partial charge in [0.25, 0.3) is 5.19 Å². The van der Waals surface area contributed by atoms with Gasteiger partial charge in [-0.1, -0.05) is 11.3 Å². The first-order valence-corrected chi connectivity index (χ1v) is 5.42. The van der Waals surface area contributed by atoms with Crippen LogP contribution in [0.5, 0.6) is 5.19 Å². The summed E-state index contributed by atoms with van der Waals surface area (Å²) in [6, 6.07) is -0.0282. The van der Waals surface area contributed by atoms with Gasteiger partial charge in [0.15, 0.2) is 0 Å². The van der Waals surface area contributed by atoms with Crippen LogP contribution in [0.3, 0.4) is 0 Å². The van der Waals surface area contributed by atoms with Crippen LogP contribution >= 0.6 is 11.3 Å². The van der Waals surface area contributed by atoms with Crippen molar-refractivity contribution in [2.24, 2.45) is 5.73 Å². The largest absolute Gasteiger partial charge is 0.462 e. The summed E-state index contributed by atoms with van der Waals surface area (Å²) in [6.07, 6.45) is -0.0417. The van der Waals surface area contributed by atoms with Gasteiger partial charge in [0, 0.05) is 4.88 Å². The zero-order valence-electron chi connectivity index (χ0n) is 8.32. The van der Waals surface area contributed by atoms with Gasteiger partial charge in [-0.25, -0.2) is 4.98 Å². The Balaban J connectivity index is 2.03. The number of thiazole rings is 1. The van der Waals surface area contributed by atoms with Crippen LogP contribution in [0, 0.1) is 13.8 Å². The Labute approximate surface area is 87.0 Å². The Morgan fingerprint density at radius 2 is 2.29 bits per heavy atom. The Hall–Kier alpha value is -0.650. The van der Waals surface area contributed by atoms with E-state index < -0.39 is 0 Å². The molecule has 0 spiro atoms. The van der Waals surface area contributed by atoms with E-state index in [0.717, 1.165) is 5.69 Å². The van der Waals surface area contributed by atoms with Gasteiger partial charge in [-0.05, 0) is 13.8 Å². The van der Waals surface area contributed by atoms with E-state index in [0.29, 0.717) is 18.4 Å². The van der Waals surface area contributed by atoms with Crippen LogP contribution in [0.2, 0.25) is 0 Å². The van der Waals surface area contributed by atoms with Crippen LogP contribution in [-0.4, -0.2) is 30.3 Å². The van der Waals surface area contributed by atoms with E-state index in [1.807, 2.05) is 13.8 Å². The lowest BCUT2D eigenvalue weighted by Crippen LogP contribution is -2.37. The third-order valence-electron chi connectivity index (χ3n) is 2.33. The van der Waals surface area contributed by atoms with E-state index in [4.69, 9.17) is 15.2 Å². The summed E-state index contributed by atoms with van der Waals surface area (Å²) < 4.78 is 10.9. The van der Waals surface area contributed by atoms with E-state index in [2.05, 4.69) is 4.98 Å². The first-order chi connectivity index (χ1) is 6.66. The van der Waals surface area contributed by atoms with Gasteiger partial charge in [-0.15, -0.1) is 0 Å². The van der Waals surface area contributed by atoms with Gasteiger partial charge < -0.3 is 15.2 Å². The first-order valence-electron chi connectivity index (χ1n) is 4.61. The highest BCUT2D eigenvalue weighted by Gasteiger charge is 2.27. The highest BCUT2D eigenvalue weighted by atomic mass is 32.1. The van der Waals surface area contributed by atoms with Crippen LogP contribution in [0.1, 0.15) is 10.6 Å². The third-order valence-corrected chi connectivity index (χ3v) is 3.29. The van der Waals surface area contributed by atoms with Crippen LogP contribution in [0.4, 0.5) is 0 Å². The average molecular weight is 214 g/mol. The number of aryl methyl sites for hydroxylation is 2. The summed E-state index contributed by atoms with van der Waals surface area (Å²) in [6.45, 7) is 5.15. The summed E-state index contributed by atoms with van der Waals surface area (Å²) >= 11 is 1.56. The summed E-state index contributed by atoms with van der Waals surface area (Å²) in [5.41, 5.74) is 6.82. The quantitative estimate of drug-likeness (QED) is 0.793. The molecule has 0 aliphatic carbocycles. The molecule has 2 heterocycles. The Bertz CT molecular complexity index is 307. The predicted octanol–water partition coefficient (Wildman–Crippen LogP) is 0.865. The number of rotatable bonds is 2. The lowest BCUT2D eigenvalue weighted by molar-refractivity contribution is 0.140. The molecular weight excluding hydrogens is 200 g/mol. The highest BCUT2D eigenvalue weighted by molar-refractivity contribution is 7.13. The molecule has 1 saturated heterocycles. The Morgan fingerprint density at radius 1 is 1.50 bits per heavy atom. The molecule has 0 aromatic carbocycles. The van der Waals surface area contributed by atoms with Crippen molar-refractivity contribution in [1.82, 2.24) is 4.98 Å². The first kappa shape index (κ1) is 9.89. The molecule has 2 rings (SSSR count). The summed E-state index contributed by atoms with van der Waals surface area (Å²) in [5, 5.41) is 0.700. The molecule has 4 nitrogen and oxygen atoms in total. The van der Waals surface area contributed by atoms with Crippen molar-refractivity contribution in [2.75, 3.05) is 13.2 Å². The van der Waals surface area contributed by atoms with Crippen molar-refractivity contribution in [3.63, 3.8) is 0 Å². The third kappa shape index (κ3) is 1.89. The van der Waals surface area contributed by atoms with Gasteiger partial charge >= 0.3 is 0 Å². The summed E-state index contributed by atoms with van der Waals surface area (Å²) in [5.74, 6) is 0. The van der Waals surface area contributed by atoms with Crippen molar-refractivity contribution >= 4 is 11.3 Å². The van der Waals surface area contributed by atoms with Crippen LogP contribution in [0.15, 0.2) is 0 Å². The molecule has 0 saturated carbocycles. The van der Waals surface area contributed by atoms with Crippen LogP contribution < -0.4 is 10.5 Å². The number of hydrogen-bond acceptors (Lipinski definition) is 5. The zero-order chi connectivity index (χ0) is 10.1. The number of nitrogens with two attached hydrogens (primary N) is 1. The van der Waals surface area contributed by atoms with Gasteiger partial charge in [0.05, 0.1) is 24.9 Å². The molecule has 2 N–H and O–H groups in total. The zero-order valence-corrected chi connectivity index (χ0v) is 9.13. The molecule has 5 heteroatoms. The number of aromatic nitrogens is 1. The van der Waals surface area contributed by atoms with E-state index in [1.165, 1.54) is 4.88 Å². The second kappa shape index (κ2) is 3.84. The maximum Gasteiger partial charge on any atom is 0.274 e. The molecule has 0 bridgehead atoms. The molecule has 1 aliphatic heterocycles. The number of ether oxygens (including phenoxy) is 2. The fraction of sp³-hybridized carbons (Fsp3) is 0.667. The maximum absolute atomic E-state index is 5.80. The minimum atomic E-state index is -0.0417. The smallest absolute Gasteiger partial charge is 0.274 e. The molecule has 1 aromatic heterocycles. The minimum Gasteiger partial charge on any atom is -0.462 e. The van der Waals surface area contributed by atoms with Crippen molar-refractivity contribution in [3.05, 3.63) is 10.6 Å². The van der Waals surface area contributed by atoms with Crippen LogP contribution in [0.25, 0.3) is 0 Å². The second-order valence-electron chi connectivity index (χ2n) is 3.48. The molecule has 14 heavy (non-hydrogen) atoms. The van der Waals surface area contributed by atoms with Gasteiger partial charge in [-0.2, -0.15) is 0 Å². The molecule has 2 unspecified atom stereocenters. The maximum atomic E-state index is 5.80. The van der Waals surface area contributed by atoms with Gasteiger partial charge in [-0.3, -0.25) is 0 Å². The lowest BCUT2D eigenvalue weighted by Gasteiger charge is -2.12. The van der Waals surface area contributed by atoms with E-state index in [9.17, 15) is 0 Å². The Morgan fingerprint density at radius 3 is 2.79 bits per heavy atom. The summed E-state index contributed by atoms with van der Waals surface area (Å²) in [4.78, 5) is 5.48. The topological polar surface area (TPSA) is 57.4 Å². The van der Waals surface area contributed by atoms with Crippen LogP contribution in [-0.2, 0) is 4.74 Å². The summed E-state index contributed by atoms with van der Waals surface area (Å²) in [7, 11) is 0. The van der Waals surface area contributed by atoms with Crippen molar-refractivity contribution < 1.29 is 9.47 Å². The fourth-order valence-corrected chi connectivity index (χ4v) is 2.11. The standard InChI is InChI=1S/C9H14N2O2S/c1-5-6(2)14-9(11-5)13-8-4-12-3-7(8)10/h7-8H,3-4,10H2,1-2H3. The normalized spacial score (nSPS) is 26.8. The Kier molecular flexibility index (Phi) is 2.71. The molecule has 2 atom stereocenters. The predicted molar refractivity (Wildman–Crippen MR) is 54.8 cm³/mol. The lowest BCUT2D eigenvalue weighted by atomic mass is 10.2. The average Bonchev–Trinajstić information content (AvgIpc) is 2.63. The van der Waals surface area contributed by atoms with Crippen molar-refractivity contribution in [1.29, 1.82) is 0 Å². The number of hydrogen-bond donors (Lipinski definition) is 1. The molecule has 0 amide bonds. The monoisotopic (exact) mass is 214 g/mol. The molecule has 1 fully saturated rings. The SMILES string of the molecule is Cc1nc(OC2COCC2N)sc1C. The highest BCUT2D eigenvalue weighted by Crippen LogP contribution is 2.25. The molecule has 1 aromatic rings. The minimum absolute atomic E-state index is 0.0282. The van der Waals surface area contributed by atoms with E-state index in [-0.39, 0.29) is 12.1 Å². The second-order valence-corrected chi connectivity index (χ2v) is 4.64. The van der Waals surface area contributed by atoms with Crippen molar-refractivity contribution in [2.45, 2.75) is 26.0 Å². The molecule has 1 aliphatic rings. The fourth-order valence-electron chi connectivity index (χ4n) is 1.30. The van der Waals surface area contributed by atoms with Gasteiger partial charge in [0.1, 0.15) is 6.10 Å². The van der Waals surface area contributed by atoms with E-state index >= 15 is 0 Å².